The minimum atomic E-state index is 0.518. The Labute approximate surface area is 129 Å². The first kappa shape index (κ1) is 16.4. The summed E-state index contributed by atoms with van der Waals surface area (Å²) in [4.78, 5) is 9.69. The highest BCUT2D eigenvalue weighted by atomic mass is 15.3. The second kappa shape index (κ2) is 8.47. The van der Waals surface area contributed by atoms with Gasteiger partial charge in [0.1, 0.15) is 0 Å². The maximum absolute atomic E-state index is 4.61. The van der Waals surface area contributed by atoms with E-state index in [0.29, 0.717) is 6.04 Å². The molecule has 1 aliphatic heterocycles. The van der Waals surface area contributed by atoms with E-state index >= 15 is 0 Å². The molecule has 0 spiro atoms. The quantitative estimate of drug-likeness (QED) is 0.833. The highest BCUT2D eigenvalue weighted by Gasteiger charge is 2.16. The van der Waals surface area contributed by atoms with Crippen molar-refractivity contribution in [3.05, 3.63) is 29.6 Å². The Morgan fingerprint density at radius 3 is 2.43 bits per heavy atom. The van der Waals surface area contributed by atoms with E-state index in [1.807, 2.05) is 6.20 Å². The SMILES string of the molecule is CCCN1CCN(Cc2ccc(CNC(C)C)cn2)CC1. The van der Waals surface area contributed by atoms with Gasteiger partial charge in [-0.05, 0) is 24.6 Å². The number of nitrogens with one attached hydrogen (secondary N) is 1. The van der Waals surface area contributed by atoms with Gasteiger partial charge in [0.25, 0.3) is 0 Å². The third-order valence-corrected chi connectivity index (χ3v) is 3.99. The molecule has 0 radical (unpaired) electrons. The first-order valence-electron chi connectivity index (χ1n) is 8.29. The summed E-state index contributed by atoms with van der Waals surface area (Å²) in [6.07, 6.45) is 3.27. The lowest BCUT2D eigenvalue weighted by atomic mass is 10.2. The standard InChI is InChI=1S/C17H30N4/c1-4-7-20-8-10-21(11-9-20)14-17-6-5-16(13-19-17)12-18-15(2)3/h5-6,13,15,18H,4,7-12,14H2,1-3H3. The van der Waals surface area contributed by atoms with E-state index in [2.05, 4.69) is 53.0 Å². The molecule has 1 aromatic rings. The zero-order valence-corrected chi connectivity index (χ0v) is 13.8. The van der Waals surface area contributed by atoms with Gasteiger partial charge in [0.15, 0.2) is 0 Å². The fraction of sp³-hybridized carbons (Fsp3) is 0.706. The first-order chi connectivity index (χ1) is 10.2. The summed E-state index contributed by atoms with van der Waals surface area (Å²) in [5.41, 5.74) is 2.45. The smallest absolute Gasteiger partial charge is 0.0544 e. The molecule has 21 heavy (non-hydrogen) atoms. The van der Waals surface area contributed by atoms with Crippen LogP contribution >= 0.6 is 0 Å². The van der Waals surface area contributed by atoms with Crippen LogP contribution in [0.25, 0.3) is 0 Å². The number of pyridine rings is 1. The van der Waals surface area contributed by atoms with Crippen LogP contribution in [0.2, 0.25) is 0 Å². The van der Waals surface area contributed by atoms with Crippen molar-refractivity contribution in [2.45, 2.75) is 46.3 Å². The first-order valence-corrected chi connectivity index (χ1v) is 8.29. The summed E-state index contributed by atoms with van der Waals surface area (Å²) in [6, 6.07) is 4.89. The van der Waals surface area contributed by atoms with Gasteiger partial charge in [-0.3, -0.25) is 9.88 Å². The summed E-state index contributed by atoms with van der Waals surface area (Å²) in [5.74, 6) is 0. The molecule has 1 fully saturated rings. The van der Waals surface area contributed by atoms with Crippen LogP contribution < -0.4 is 5.32 Å². The fourth-order valence-electron chi connectivity index (χ4n) is 2.69. The van der Waals surface area contributed by atoms with Gasteiger partial charge in [-0.1, -0.05) is 26.8 Å². The summed E-state index contributed by atoms with van der Waals surface area (Å²) >= 11 is 0. The van der Waals surface area contributed by atoms with Gasteiger partial charge >= 0.3 is 0 Å². The predicted molar refractivity (Wildman–Crippen MR) is 88.2 cm³/mol. The van der Waals surface area contributed by atoms with E-state index in [1.54, 1.807) is 0 Å². The number of aromatic nitrogens is 1. The number of nitrogens with zero attached hydrogens (tertiary/aromatic N) is 3. The van der Waals surface area contributed by atoms with Crippen LogP contribution in [0.5, 0.6) is 0 Å². The molecule has 0 aromatic carbocycles. The second-order valence-electron chi connectivity index (χ2n) is 6.31. The molecule has 118 valence electrons. The van der Waals surface area contributed by atoms with E-state index in [-0.39, 0.29) is 0 Å². The van der Waals surface area contributed by atoms with E-state index < -0.39 is 0 Å². The Hall–Kier alpha value is -0.970. The van der Waals surface area contributed by atoms with Gasteiger partial charge in [-0.25, -0.2) is 0 Å². The maximum atomic E-state index is 4.61. The van der Waals surface area contributed by atoms with Crippen LogP contribution in [0.3, 0.4) is 0 Å². The molecule has 0 amide bonds. The number of rotatable bonds is 7. The molecule has 1 aliphatic rings. The largest absolute Gasteiger partial charge is 0.310 e. The molecule has 0 saturated carbocycles. The maximum Gasteiger partial charge on any atom is 0.0544 e. The molecule has 1 N–H and O–H groups in total. The Kier molecular flexibility index (Phi) is 6.61. The summed E-state index contributed by atoms with van der Waals surface area (Å²) in [6.45, 7) is 14.4. The van der Waals surface area contributed by atoms with E-state index in [9.17, 15) is 0 Å². The van der Waals surface area contributed by atoms with Crippen molar-refractivity contribution in [1.82, 2.24) is 20.1 Å². The molecule has 2 rings (SSSR count). The average molecular weight is 290 g/mol. The van der Waals surface area contributed by atoms with Gasteiger partial charge in [0.05, 0.1) is 5.69 Å². The van der Waals surface area contributed by atoms with Crippen molar-refractivity contribution in [1.29, 1.82) is 0 Å². The van der Waals surface area contributed by atoms with Crippen molar-refractivity contribution in [3.8, 4) is 0 Å². The Morgan fingerprint density at radius 2 is 1.86 bits per heavy atom. The van der Waals surface area contributed by atoms with Gasteiger partial charge in [0, 0.05) is 51.5 Å². The van der Waals surface area contributed by atoms with Crippen molar-refractivity contribution < 1.29 is 0 Å². The predicted octanol–water partition coefficient (Wildman–Crippen LogP) is 2.11. The van der Waals surface area contributed by atoms with Crippen LogP contribution in [0.15, 0.2) is 18.3 Å². The number of piperazine rings is 1. The minimum Gasteiger partial charge on any atom is -0.310 e. The zero-order valence-electron chi connectivity index (χ0n) is 13.8. The van der Waals surface area contributed by atoms with Gasteiger partial charge in [-0.2, -0.15) is 0 Å². The van der Waals surface area contributed by atoms with E-state index in [4.69, 9.17) is 0 Å². The second-order valence-corrected chi connectivity index (χ2v) is 6.31. The number of hydrogen-bond acceptors (Lipinski definition) is 4. The summed E-state index contributed by atoms with van der Waals surface area (Å²) < 4.78 is 0. The third kappa shape index (κ3) is 5.73. The van der Waals surface area contributed by atoms with Crippen LogP contribution in [-0.4, -0.2) is 53.5 Å². The molecule has 0 bridgehead atoms. The fourth-order valence-corrected chi connectivity index (χ4v) is 2.69. The molecule has 1 saturated heterocycles. The lowest BCUT2D eigenvalue weighted by Gasteiger charge is -2.34. The minimum absolute atomic E-state index is 0.518. The van der Waals surface area contributed by atoms with Gasteiger partial charge in [0.2, 0.25) is 0 Å². The van der Waals surface area contributed by atoms with Crippen molar-refractivity contribution in [3.63, 3.8) is 0 Å². The molecular weight excluding hydrogens is 260 g/mol. The monoisotopic (exact) mass is 290 g/mol. The molecule has 0 unspecified atom stereocenters. The average Bonchev–Trinajstić information content (AvgIpc) is 2.49. The van der Waals surface area contributed by atoms with Crippen molar-refractivity contribution in [2.24, 2.45) is 0 Å². The summed E-state index contributed by atoms with van der Waals surface area (Å²) in [5, 5.41) is 3.42. The Morgan fingerprint density at radius 1 is 1.14 bits per heavy atom. The molecule has 4 nitrogen and oxygen atoms in total. The lowest BCUT2D eigenvalue weighted by Crippen LogP contribution is -2.46. The Bertz CT molecular complexity index is 394. The highest BCUT2D eigenvalue weighted by Crippen LogP contribution is 2.08. The van der Waals surface area contributed by atoms with Gasteiger partial charge in [-0.15, -0.1) is 0 Å². The molecule has 0 atom stereocenters. The van der Waals surface area contributed by atoms with E-state index in [1.165, 1.54) is 50.4 Å². The summed E-state index contributed by atoms with van der Waals surface area (Å²) in [7, 11) is 0. The molecular formula is C17H30N4. The van der Waals surface area contributed by atoms with Crippen LogP contribution in [0.1, 0.15) is 38.4 Å². The molecule has 0 aliphatic carbocycles. The zero-order chi connectivity index (χ0) is 15.1. The molecule has 4 heteroatoms. The normalized spacial score (nSPS) is 17.5. The highest BCUT2D eigenvalue weighted by molar-refractivity contribution is 5.14. The Balaban J connectivity index is 1.76. The topological polar surface area (TPSA) is 31.4 Å². The van der Waals surface area contributed by atoms with Crippen molar-refractivity contribution in [2.75, 3.05) is 32.7 Å². The van der Waals surface area contributed by atoms with Crippen LogP contribution in [0, 0.1) is 0 Å². The van der Waals surface area contributed by atoms with Crippen LogP contribution in [0.4, 0.5) is 0 Å². The van der Waals surface area contributed by atoms with Gasteiger partial charge < -0.3 is 10.2 Å². The van der Waals surface area contributed by atoms with Crippen LogP contribution in [-0.2, 0) is 13.1 Å². The molecule has 1 aromatic heterocycles. The lowest BCUT2D eigenvalue weighted by molar-refractivity contribution is 0.126. The van der Waals surface area contributed by atoms with Crippen molar-refractivity contribution >= 4 is 0 Å². The third-order valence-electron chi connectivity index (χ3n) is 3.99. The van der Waals surface area contributed by atoms with E-state index in [0.717, 1.165) is 13.1 Å². The molecule has 2 heterocycles. The number of hydrogen-bond donors (Lipinski definition) is 1.